The molecule has 2 aromatic rings. The molecule has 1 atom stereocenters. The van der Waals surface area contributed by atoms with Crippen LogP contribution in [0.5, 0.6) is 5.75 Å². The van der Waals surface area contributed by atoms with E-state index in [-0.39, 0.29) is 18.1 Å². The first-order valence-electron chi connectivity index (χ1n) is 7.95. The lowest BCUT2D eigenvalue weighted by atomic mass is 10.0. The summed E-state index contributed by atoms with van der Waals surface area (Å²) in [5.41, 5.74) is 2.26. The van der Waals surface area contributed by atoms with Crippen LogP contribution < -0.4 is 15.7 Å². The van der Waals surface area contributed by atoms with Gasteiger partial charge in [-0.1, -0.05) is 0 Å². The van der Waals surface area contributed by atoms with E-state index in [4.69, 9.17) is 14.3 Å². The summed E-state index contributed by atoms with van der Waals surface area (Å²) in [6.45, 7) is 7.48. The lowest BCUT2D eigenvalue weighted by molar-refractivity contribution is -0.127. The molecule has 1 unspecified atom stereocenters. The molecule has 1 aromatic heterocycles. The smallest absolute Gasteiger partial charge is 0.339 e. The summed E-state index contributed by atoms with van der Waals surface area (Å²) in [5, 5.41) is 12.2. The largest absolute Gasteiger partial charge is 0.480 e. The Morgan fingerprint density at radius 3 is 2.67 bits per heavy atom. The minimum atomic E-state index is -0.708. The summed E-state index contributed by atoms with van der Waals surface area (Å²) in [4.78, 5) is 23.9. The van der Waals surface area contributed by atoms with Crippen molar-refractivity contribution in [1.29, 1.82) is 0 Å². The van der Waals surface area contributed by atoms with E-state index < -0.39 is 6.10 Å². The van der Waals surface area contributed by atoms with Gasteiger partial charge in [-0.2, -0.15) is 0 Å². The topological polar surface area (TPSA) is 88.8 Å². The van der Waals surface area contributed by atoms with Crippen molar-refractivity contribution in [3.63, 3.8) is 0 Å². The van der Waals surface area contributed by atoms with Crippen molar-refractivity contribution in [1.82, 2.24) is 5.32 Å². The van der Waals surface area contributed by atoms with Crippen LogP contribution in [0, 0.1) is 20.8 Å². The monoisotopic (exact) mass is 333 g/mol. The molecule has 1 aromatic carbocycles. The van der Waals surface area contributed by atoms with Crippen molar-refractivity contribution < 1.29 is 19.1 Å². The number of aliphatic hydroxyl groups excluding tert-OH is 1. The second-order valence-electron chi connectivity index (χ2n) is 5.90. The minimum Gasteiger partial charge on any atom is -0.480 e. The number of carbonyl (C=O) groups is 1. The van der Waals surface area contributed by atoms with Gasteiger partial charge in [0.25, 0.3) is 5.91 Å². The number of carbonyl (C=O) groups excluding carboxylic acids is 1. The Morgan fingerprint density at radius 2 is 2.00 bits per heavy atom. The molecule has 1 heterocycles. The summed E-state index contributed by atoms with van der Waals surface area (Å²) in [5.74, 6) is 0.254. The van der Waals surface area contributed by atoms with E-state index in [0.717, 1.165) is 11.1 Å². The summed E-state index contributed by atoms with van der Waals surface area (Å²) >= 11 is 0. The number of ether oxygens (including phenoxy) is 1. The molecule has 0 radical (unpaired) electrons. The number of benzene rings is 1. The molecule has 2 rings (SSSR count). The van der Waals surface area contributed by atoms with Crippen LogP contribution in [0.25, 0.3) is 11.0 Å². The summed E-state index contributed by atoms with van der Waals surface area (Å²) in [6, 6.07) is 3.61. The molecule has 0 aliphatic rings. The lowest BCUT2D eigenvalue weighted by Gasteiger charge is -2.17. The maximum atomic E-state index is 12.1. The number of aliphatic hydroxyl groups is 1. The van der Waals surface area contributed by atoms with Gasteiger partial charge in [-0.3, -0.25) is 4.79 Å². The first-order valence-corrected chi connectivity index (χ1v) is 7.95. The molecule has 130 valence electrons. The number of hydrogen-bond acceptors (Lipinski definition) is 5. The number of nitrogens with one attached hydrogen (secondary N) is 1. The molecule has 6 nitrogen and oxygen atoms in total. The molecule has 1 amide bonds. The molecule has 0 aliphatic carbocycles. The van der Waals surface area contributed by atoms with Gasteiger partial charge < -0.3 is 19.6 Å². The number of hydrogen-bond donors (Lipinski definition) is 2. The van der Waals surface area contributed by atoms with Crippen LogP contribution in [-0.4, -0.2) is 30.3 Å². The van der Waals surface area contributed by atoms with Crippen LogP contribution in [-0.2, 0) is 4.79 Å². The van der Waals surface area contributed by atoms with Gasteiger partial charge in [0.05, 0.1) is 5.39 Å². The molecule has 0 fully saturated rings. The van der Waals surface area contributed by atoms with Gasteiger partial charge in [0.2, 0.25) is 0 Å². The number of rotatable bonds is 6. The molecule has 0 bridgehead atoms. The minimum absolute atomic E-state index is 0.0234. The summed E-state index contributed by atoms with van der Waals surface area (Å²) < 4.78 is 11.2. The predicted octanol–water partition coefficient (Wildman–Crippen LogP) is 1.98. The van der Waals surface area contributed by atoms with Crippen LogP contribution in [0.15, 0.2) is 21.3 Å². The van der Waals surface area contributed by atoms with Crippen LogP contribution >= 0.6 is 0 Å². The van der Waals surface area contributed by atoms with Gasteiger partial charge in [0, 0.05) is 18.7 Å². The highest BCUT2D eigenvalue weighted by Gasteiger charge is 2.18. The van der Waals surface area contributed by atoms with Crippen molar-refractivity contribution in [2.24, 2.45) is 0 Å². The fourth-order valence-electron chi connectivity index (χ4n) is 2.46. The number of amides is 1. The van der Waals surface area contributed by atoms with Crippen molar-refractivity contribution in [2.45, 2.75) is 40.2 Å². The van der Waals surface area contributed by atoms with Gasteiger partial charge in [-0.05, 0) is 57.4 Å². The molecule has 6 heteroatoms. The van der Waals surface area contributed by atoms with E-state index in [1.807, 2.05) is 19.9 Å². The van der Waals surface area contributed by atoms with Gasteiger partial charge in [-0.25, -0.2) is 4.79 Å². The molecular formula is C18H23NO5. The highest BCUT2D eigenvalue weighted by Crippen LogP contribution is 2.31. The van der Waals surface area contributed by atoms with Crippen molar-refractivity contribution in [3.8, 4) is 5.75 Å². The Morgan fingerprint density at radius 1 is 1.29 bits per heavy atom. The molecule has 24 heavy (non-hydrogen) atoms. The van der Waals surface area contributed by atoms with Crippen molar-refractivity contribution in [2.75, 3.05) is 13.2 Å². The normalized spacial score (nSPS) is 12.2. The average molecular weight is 333 g/mol. The maximum Gasteiger partial charge on any atom is 0.339 e. The zero-order chi connectivity index (χ0) is 17.9. The van der Waals surface area contributed by atoms with E-state index in [2.05, 4.69) is 5.32 Å². The van der Waals surface area contributed by atoms with E-state index in [9.17, 15) is 9.59 Å². The number of aryl methyl sites for hydroxylation is 2. The first kappa shape index (κ1) is 18.0. The third-order valence-electron chi connectivity index (χ3n) is 3.96. The quantitative estimate of drug-likeness (QED) is 0.623. The highest BCUT2D eigenvalue weighted by molar-refractivity contribution is 5.89. The molecule has 0 saturated carbocycles. The second-order valence-corrected chi connectivity index (χ2v) is 5.90. The Hall–Kier alpha value is -2.34. The third kappa shape index (κ3) is 3.76. The maximum absolute atomic E-state index is 12.1. The fourth-order valence-corrected chi connectivity index (χ4v) is 2.46. The molecule has 0 spiro atoms. The Kier molecular flexibility index (Phi) is 5.62. The Bertz CT molecular complexity index is 809. The number of fused-ring (bicyclic) bond motifs is 1. The van der Waals surface area contributed by atoms with Crippen LogP contribution in [0.1, 0.15) is 30.0 Å². The first-order chi connectivity index (χ1) is 11.3. The van der Waals surface area contributed by atoms with Crippen LogP contribution in [0.2, 0.25) is 0 Å². The second kappa shape index (κ2) is 7.49. The molecule has 2 N–H and O–H groups in total. The zero-order valence-corrected chi connectivity index (χ0v) is 14.4. The van der Waals surface area contributed by atoms with E-state index >= 15 is 0 Å². The molecule has 0 aliphatic heterocycles. The fraction of sp³-hybridized carbons (Fsp3) is 0.444. The summed E-state index contributed by atoms with van der Waals surface area (Å²) in [6.07, 6.45) is -0.213. The van der Waals surface area contributed by atoms with Gasteiger partial charge in [-0.15, -0.1) is 0 Å². The lowest BCUT2D eigenvalue weighted by Crippen LogP contribution is -2.37. The van der Waals surface area contributed by atoms with Crippen LogP contribution in [0.4, 0.5) is 0 Å². The SMILES string of the molecule is Cc1cc(OC(C)C(=O)NCCCO)c2c(C)c(C)c(=O)oc2c1. The zero-order valence-electron chi connectivity index (χ0n) is 14.4. The van der Waals surface area contributed by atoms with E-state index in [1.54, 1.807) is 19.9 Å². The predicted molar refractivity (Wildman–Crippen MR) is 91.5 cm³/mol. The van der Waals surface area contributed by atoms with Gasteiger partial charge in [0.1, 0.15) is 11.3 Å². The van der Waals surface area contributed by atoms with Crippen molar-refractivity contribution in [3.05, 3.63) is 39.2 Å². The van der Waals surface area contributed by atoms with E-state index in [0.29, 0.717) is 35.2 Å². The van der Waals surface area contributed by atoms with Crippen LogP contribution in [0.3, 0.4) is 0 Å². The van der Waals surface area contributed by atoms with Gasteiger partial charge in [0.15, 0.2) is 6.10 Å². The summed E-state index contributed by atoms with van der Waals surface area (Å²) in [7, 11) is 0. The average Bonchev–Trinajstić information content (AvgIpc) is 2.52. The highest BCUT2D eigenvalue weighted by atomic mass is 16.5. The Labute approximate surface area is 140 Å². The van der Waals surface area contributed by atoms with Gasteiger partial charge >= 0.3 is 5.63 Å². The van der Waals surface area contributed by atoms with Crippen molar-refractivity contribution >= 4 is 16.9 Å². The standard InChI is InChI=1S/C18H23NO5/c1-10-8-14(23-13(4)17(21)19-6-5-7-20)16-11(2)12(3)18(22)24-15(16)9-10/h8-9,13,20H,5-7H2,1-4H3,(H,19,21). The third-order valence-corrected chi connectivity index (χ3v) is 3.96. The van der Waals surface area contributed by atoms with E-state index in [1.165, 1.54) is 0 Å². The Balaban J connectivity index is 2.36. The molecular weight excluding hydrogens is 310 g/mol. The molecule has 0 saturated heterocycles.